The van der Waals surface area contributed by atoms with Gasteiger partial charge in [-0.1, -0.05) is 0 Å². The number of fused-ring (bicyclic) bond motifs is 1. The van der Waals surface area contributed by atoms with E-state index in [1.165, 1.54) is 16.2 Å². The number of ether oxygens (including phenoxy) is 1. The molecule has 1 aliphatic rings. The van der Waals surface area contributed by atoms with E-state index in [1.807, 2.05) is 17.9 Å². The molecule has 7 heteroatoms. The molecule has 0 unspecified atom stereocenters. The Bertz CT molecular complexity index is 735. The summed E-state index contributed by atoms with van der Waals surface area (Å²) in [6.45, 7) is 5.91. The number of carbonyl (C=O) groups excluding carboxylic acids is 1. The number of piperazine rings is 1. The molecule has 0 aromatic carbocycles. The van der Waals surface area contributed by atoms with Gasteiger partial charge in [-0.15, -0.1) is 11.3 Å². The molecule has 0 bridgehead atoms. The first-order valence-corrected chi connectivity index (χ1v) is 8.61. The van der Waals surface area contributed by atoms with E-state index >= 15 is 0 Å². The Hall–Kier alpha value is -1.70. The molecule has 0 radical (unpaired) electrons. The second-order valence-electron chi connectivity index (χ2n) is 6.13. The van der Waals surface area contributed by atoms with Crippen LogP contribution in [0.1, 0.15) is 20.9 Å². The van der Waals surface area contributed by atoms with E-state index in [-0.39, 0.29) is 5.91 Å². The maximum Gasteiger partial charge on any atom is 0.266 e. The van der Waals surface area contributed by atoms with Crippen molar-refractivity contribution in [1.82, 2.24) is 9.88 Å². The highest BCUT2D eigenvalue weighted by molar-refractivity contribution is 7.21. The van der Waals surface area contributed by atoms with Gasteiger partial charge >= 0.3 is 0 Å². The number of nitrogen functional groups attached to an aromatic ring is 1. The third kappa shape index (κ3) is 3.04. The topological polar surface area (TPSA) is 72.9 Å². The molecule has 2 aromatic heterocycles. The van der Waals surface area contributed by atoms with Gasteiger partial charge in [-0.3, -0.25) is 4.79 Å². The Kier molecular flexibility index (Phi) is 4.52. The fourth-order valence-corrected chi connectivity index (χ4v) is 4.16. The molecule has 3 rings (SSSR count). The molecule has 23 heavy (non-hydrogen) atoms. The van der Waals surface area contributed by atoms with Crippen LogP contribution in [0.5, 0.6) is 0 Å². The number of pyridine rings is 1. The van der Waals surface area contributed by atoms with E-state index in [4.69, 9.17) is 10.5 Å². The third-order valence-electron chi connectivity index (χ3n) is 4.31. The highest BCUT2D eigenvalue weighted by atomic mass is 32.1. The zero-order chi connectivity index (χ0) is 16.6. The molecule has 0 saturated carbocycles. The zero-order valence-electron chi connectivity index (χ0n) is 13.8. The van der Waals surface area contributed by atoms with Gasteiger partial charge in [0.1, 0.15) is 9.71 Å². The van der Waals surface area contributed by atoms with Crippen LogP contribution in [0.3, 0.4) is 0 Å². The first kappa shape index (κ1) is 16.2. The third-order valence-corrected chi connectivity index (χ3v) is 5.39. The van der Waals surface area contributed by atoms with Gasteiger partial charge in [-0.05, 0) is 18.6 Å². The highest BCUT2D eigenvalue weighted by Crippen LogP contribution is 2.36. The average molecular weight is 335 g/mol. The fraction of sp³-hybridized carbons (Fsp3) is 0.500. The average Bonchev–Trinajstić information content (AvgIpc) is 2.84. The maximum absolute atomic E-state index is 12.8. The normalized spacial score (nSPS) is 16.2. The lowest BCUT2D eigenvalue weighted by Gasteiger charge is -2.29. The Balaban J connectivity index is 2.00. The molecule has 6 nitrogen and oxygen atoms in total. The molecular formula is C16H23N4O2S+. The van der Waals surface area contributed by atoms with Crippen LogP contribution < -0.4 is 10.6 Å². The number of amides is 1. The molecule has 3 heterocycles. The molecule has 3 N–H and O–H groups in total. The van der Waals surface area contributed by atoms with Gasteiger partial charge in [-0.25, -0.2) is 4.98 Å². The molecule has 1 saturated heterocycles. The van der Waals surface area contributed by atoms with Crippen LogP contribution in [0.4, 0.5) is 5.69 Å². The summed E-state index contributed by atoms with van der Waals surface area (Å²) in [6.07, 6.45) is 0. The molecule has 1 amide bonds. The Labute approximate surface area is 139 Å². The lowest BCUT2D eigenvalue weighted by atomic mass is 10.1. The second kappa shape index (κ2) is 6.43. The van der Waals surface area contributed by atoms with Gasteiger partial charge in [0.15, 0.2) is 0 Å². The van der Waals surface area contributed by atoms with Crippen LogP contribution in [-0.4, -0.2) is 56.1 Å². The number of likely N-dealkylation sites (N-methyl/N-ethyl adjacent to an activating group) is 1. The number of thiophene rings is 1. The smallest absolute Gasteiger partial charge is 0.266 e. The summed E-state index contributed by atoms with van der Waals surface area (Å²) in [6, 6.07) is 1.97. The molecule has 2 aromatic rings. The summed E-state index contributed by atoms with van der Waals surface area (Å²) in [5.74, 6) is 0.0269. The number of nitrogens with zero attached hydrogens (tertiary/aromatic N) is 2. The van der Waals surface area contributed by atoms with Crippen LogP contribution >= 0.6 is 11.3 Å². The molecule has 0 atom stereocenters. The van der Waals surface area contributed by atoms with Crippen molar-refractivity contribution < 1.29 is 14.4 Å². The minimum atomic E-state index is 0.0269. The molecule has 1 aliphatic heterocycles. The number of methoxy groups -OCH3 is 1. The van der Waals surface area contributed by atoms with Crippen molar-refractivity contribution in [2.24, 2.45) is 0 Å². The van der Waals surface area contributed by atoms with E-state index in [2.05, 4.69) is 12.0 Å². The molecule has 124 valence electrons. The lowest BCUT2D eigenvalue weighted by molar-refractivity contribution is -0.883. The number of quaternary nitrogens is 1. The van der Waals surface area contributed by atoms with Crippen LogP contribution in [-0.2, 0) is 11.3 Å². The Morgan fingerprint density at radius 1 is 1.48 bits per heavy atom. The number of hydrogen-bond acceptors (Lipinski definition) is 5. The van der Waals surface area contributed by atoms with Crippen molar-refractivity contribution in [3.8, 4) is 0 Å². The Morgan fingerprint density at radius 2 is 2.17 bits per heavy atom. The van der Waals surface area contributed by atoms with E-state index in [1.54, 1.807) is 7.11 Å². The number of aromatic nitrogens is 1. The van der Waals surface area contributed by atoms with Crippen molar-refractivity contribution in [2.75, 3.05) is 46.1 Å². The predicted octanol–water partition coefficient (Wildman–Crippen LogP) is 0.304. The molecular weight excluding hydrogens is 312 g/mol. The number of rotatable bonds is 3. The monoisotopic (exact) mass is 335 g/mol. The zero-order valence-corrected chi connectivity index (χ0v) is 14.6. The lowest BCUT2D eigenvalue weighted by Crippen LogP contribution is -3.12. The minimum Gasteiger partial charge on any atom is -0.397 e. The van der Waals surface area contributed by atoms with Crippen molar-refractivity contribution in [3.63, 3.8) is 0 Å². The van der Waals surface area contributed by atoms with E-state index in [0.29, 0.717) is 17.2 Å². The van der Waals surface area contributed by atoms with Crippen molar-refractivity contribution >= 4 is 33.1 Å². The van der Waals surface area contributed by atoms with Crippen LogP contribution in [0.15, 0.2) is 6.07 Å². The number of nitrogens with one attached hydrogen (secondary N) is 1. The van der Waals surface area contributed by atoms with Crippen LogP contribution in [0.2, 0.25) is 0 Å². The van der Waals surface area contributed by atoms with Gasteiger partial charge < -0.3 is 20.3 Å². The quantitative estimate of drug-likeness (QED) is 0.846. The van der Waals surface area contributed by atoms with E-state index in [9.17, 15) is 4.79 Å². The summed E-state index contributed by atoms with van der Waals surface area (Å²) in [5, 5.41) is 0.866. The highest BCUT2D eigenvalue weighted by Gasteiger charge is 2.27. The number of nitrogens with two attached hydrogens (primary N) is 1. The summed E-state index contributed by atoms with van der Waals surface area (Å²) < 4.78 is 5.27. The largest absolute Gasteiger partial charge is 0.397 e. The number of hydrogen-bond donors (Lipinski definition) is 2. The summed E-state index contributed by atoms with van der Waals surface area (Å²) in [7, 11) is 3.81. The van der Waals surface area contributed by atoms with Crippen molar-refractivity contribution in [2.45, 2.75) is 13.5 Å². The van der Waals surface area contributed by atoms with E-state index in [0.717, 1.165) is 47.7 Å². The predicted molar refractivity (Wildman–Crippen MR) is 92.0 cm³/mol. The maximum atomic E-state index is 12.8. The first-order valence-electron chi connectivity index (χ1n) is 7.79. The summed E-state index contributed by atoms with van der Waals surface area (Å²) in [4.78, 5) is 22.2. The van der Waals surface area contributed by atoms with Crippen LogP contribution in [0, 0.1) is 6.92 Å². The van der Waals surface area contributed by atoms with Crippen LogP contribution in [0.25, 0.3) is 10.2 Å². The van der Waals surface area contributed by atoms with Gasteiger partial charge in [0.05, 0.1) is 45.5 Å². The second-order valence-corrected chi connectivity index (χ2v) is 7.13. The fourth-order valence-electron chi connectivity index (χ4n) is 3.00. The molecule has 1 fully saturated rings. The van der Waals surface area contributed by atoms with Gasteiger partial charge in [0, 0.05) is 18.2 Å². The summed E-state index contributed by atoms with van der Waals surface area (Å²) >= 11 is 1.39. The van der Waals surface area contributed by atoms with Gasteiger partial charge in [-0.2, -0.15) is 0 Å². The number of aryl methyl sites for hydroxylation is 1. The standard InChI is InChI=1S/C16H22N4O2S/c1-10-8-11(9-22-3)12-13(17)14(23-15(12)18-10)16(21)20-6-4-19(2)5-7-20/h8H,4-7,9,17H2,1-3H3/p+1. The Morgan fingerprint density at radius 3 is 2.83 bits per heavy atom. The van der Waals surface area contributed by atoms with Gasteiger partial charge in [0.2, 0.25) is 0 Å². The molecule has 0 aliphatic carbocycles. The number of anilines is 1. The summed E-state index contributed by atoms with van der Waals surface area (Å²) in [5.41, 5.74) is 8.76. The van der Waals surface area contributed by atoms with E-state index < -0.39 is 0 Å². The van der Waals surface area contributed by atoms with Gasteiger partial charge in [0.25, 0.3) is 5.91 Å². The number of carbonyl (C=O) groups is 1. The first-order chi connectivity index (χ1) is 11.0. The van der Waals surface area contributed by atoms with Crippen molar-refractivity contribution in [3.05, 3.63) is 22.2 Å². The van der Waals surface area contributed by atoms with Crippen molar-refractivity contribution in [1.29, 1.82) is 0 Å². The minimum absolute atomic E-state index is 0.0269. The molecule has 0 spiro atoms. The SMILES string of the molecule is COCc1cc(C)nc2sc(C(=O)N3CC[NH+](C)CC3)c(N)c12.